The minimum Gasteiger partial charge on any atom is -0.462 e. The monoisotopic (exact) mass is 272 g/mol. The van der Waals surface area contributed by atoms with Gasteiger partial charge in [-0.05, 0) is 44.1 Å². The van der Waals surface area contributed by atoms with Crippen LogP contribution in [0, 0.1) is 24.2 Å². The highest BCUT2D eigenvalue weighted by molar-refractivity contribution is 6.10. The first kappa shape index (κ1) is 14.1. The van der Waals surface area contributed by atoms with E-state index in [0.717, 1.165) is 18.6 Å². The second-order valence-electron chi connectivity index (χ2n) is 4.78. The molecule has 1 saturated heterocycles. The summed E-state index contributed by atoms with van der Waals surface area (Å²) < 4.78 is 5.29. The SMILES string of the molecule is Cc1ccc(/C=C/C(=O)[C@@H](C#N)C(=O)N2CCCC2)o1. The molecule has 0 bridgehead atoms. The van der Waals surface area contributed by atoms with Crippen LogP contribution < -0.4 is 0 Å². The first-order valence-corrected chi connectivity index (χ1v) is 6.58. The Morgan fingerprint density at radius 1 is 1.40 bits per heavy atom. The third kappa shape index (κ3) is 3.15. The molecule has 1 atom stereocenters. The number of hydrogen-bond donors (Lipinski definition) is 0. The molecule has 2 rings (SSSR count). The number of furan rings is 1. The van der Waals surface area contributed by atoms with E-state index in [9.17, 15) is 9.59 Å². The second-order valence-corrected chi connectivity index (χ2v) is 4.78. The van der Waals surface area contributed by atoms with Gasteiger partial charge < -0.3 is 9.32 Å². The quantitative estimate of drug-likeness (QED) is 0.620. The lowest BCUT2D eigenvalue weighted by molar-refractivity contribution is -0.136. The highest BCUT2D eigenvalue weighted by Crippen LogP contribution is 2.14. The molecule has 0 unspecified atom stereocenters. The Kier molecular flexibility index (Phi) is 4.36. The Hall–Kier alpha value is -2.35. The number of ketones is 1. The largest absolute Gasteiger partial charge is 0.462 e. The lowest BCUT2D eigenvalue weighted by Gasteiger charge is -2.16. The minimum atomic E-state index is -1.25. The zero-order valence-electron chi connectivity index (χ0n) is 11.3. The van der Waals surface area contributed by atoms with Crippen molar-refractivity contribution in [3.63, 3.8) is 0 Å². The molecule has 0 aromatic carbocycles. The van der Waals surface area contributed by atoms with E-state index < -0.39 is 17.6 Å². The van der Waals surface area contributed by atoms with Gasteiger partial charge in [0, 0.05) is 13.1 Å². The van der Waals surface area contributed by atoms with Crippen LogP contribution in [0.5, 0.6) is 0 Å². The zero-order valence-corrected chi connectivity index (χ0v) is 11.3. The summed E-state index contributed by atoms with van der Waals surface area (Å²) in [6, 6.07) is 5.30. The van der Waals surface area contributed by atoms with Crippen LogP contribution >= 0.6 is 0 Å². The molecule has 5 heteroatoms. The molecule has 104 valence electrons. The molecule has 2 heterocycles. The van der Waals surface area contributed by atoms with Crippen molar-refractivity contribution in [1.29, 1.82) is 5.26 Å². The standard InChI is InChI=1S/C15H16N2O3/c1-11-4-5-12(20-11)6-7-14(18)13(10-16)15(19)17-8-2-3-9-17/h4-7,13H,2-3,8-9H2,1H3/b7-6+/t13-/m1/s1. The molecule has 0 radical (unpaired) electrons. The van der Waals surface area contributed by atoms with Gasteiger partial charge in [-0.3, -0.25) is 9.59 Å². The van der Waals surface area contributed by atoms with Crippen molar-refractivity contribution in [3.05, 3.63) is 29.7 Å². The van der Waals surface area contributed by atoms with Crippen LogP contribution in [0.4, 0.5) is 0 Å². The van der Waals surface area contributed by atoms with Gasteiger partial charge in [0.2, 0.25) is 5.91 Å². The number of carbonyl (C=O) groups excluding carboxylic acids is 2. The van der Waals surface area contributed by atoms with Gasteiger partial charge in [0.25, 0.3) is 0 Å². The van der Waals surface area contributed by atoms with E-state index in [1.165, 1.54) is 12.2 Å². The molecule has 0 N–H and O–H groups in total. The summed E-state index contributed by atoms with van der Waals surface area (Å²) in [6.45, 7) is 3.06. The number of hydrogen-bond acceptors (Lipinski definition) is 4. The van der Waals surface area contributed by atoms with Gasteiger partial charge >= 0.3 is 0 Å². The maximum Gasteiger partial charge on any atom is 0.247 e. The van der Waals surface area contributed by atoms with Crippen molar-refractivity contribution < 1.29 is 14.0 Å². The molecule has 0 spiro atoms. The van der Waals surface area contributed by atoms with Crippen molar-refractivity contribution >= 4 is 17.8 Å². The molecule has 1 amide bonds. The Morgan fingerprint density at radius 3 is 2.65 bits per heavy atom. The zero-order chi connectivity index (χ0) is 14.5. The third-order valence-corrected chi connectivity index (χ3v) is 3.25. The average molecular weight is 272 g/mol. The number of amides is 1. The third-order valence-electron chi connectivity index (χ3n) is 3.25. The van der Waals surface area contributed by atoms with Gasteiger partial charge in [-0.25, -0.2) is 0 Å². The first-order valence-electron chi connectivity index (χ1n) is 6.58. The van der Waals surface area contributed by atoms with Gasteiger partial charge in [-0.15, -0.1) is 0 Å². The van der Waals surface area contributed by atoms with Crippen LogP contribution in [0.2, 0.25) is 0 Å². The molecule has 1 aliphatic rings. The van der Waals surface area contributed by atoms with E-state index in [1.54, 1.807) is 30.0 Å². The lowest BCUT2D eigenvalue weighted by Crippen LogP contribution is -2.36. The van der Waals surface area contributed by atoms with E-state index >= 15 is 0 Å². The second kappa shape index (κ2) is 6.20. The summed E-state index contributed by atoms with van der Waals surface area (Å²) in [5.74, 6) is -0.877. The van der Waals surface area contributed by atoms with Crippen LogP contribution in [0.15, 0.2) is 22.6 Å². The molecule has 1 aliphatic heterocycles. The summed E-state index contributed by atoms with van der Waals surface area (Å²) in [6.07, 6.45) is 4.58. The Bertz CT molecular complexity index is 574. The molecule has 5 nitrogen and oxygen atoms in total. The van der Waals surface area contributed by atoms with E-state index in [4.69, 9.17) is 9.68 Å². The maximum absolute atomic E-state index is 12.1. The fraction of sp³-hybridized carbons (Fsp3) is 0.400. The summed E-state index contributed by atoms with van der Waals surface area (Å²) in [4.78, 5) is 25.6. The Balaban J connectivity index is 2.03. The smallest absolute Gasteiger partial charge is 0.247 e. The van der Waals surface area contributed by atoms with E-state index in [2.05, 4.69) is 0 Å². The van der Waals surface area contributed by atoms with Crippen LogP contribution in [-0.4, -0.2) is 29.7 Å². The molecular formula is C15H16N2O3. The molecule has 0 aliphatic carbocycles. The van der Waals surface area contributed by atoms with Crippen molar-refractivity contribution in [1.82, 2.24) is 4.90 Å². The topological polar surface area (TPSA) is 74.3 Å². The molecule has 1 aromatic heterocycles. The lowest BCUT2D eigenvalue weighted by atomic mass is 10.0. The highest BCUT2D eigenvalue weighted by Gasteiger charge is 2.30. The van der Waals surface area contributed by atoms with Crippen molar-refractivity contribution in [2.45, 2.75) is 19.8 Å². The molecule has 0 saturated carbocycles. The summed E-state index contributed by atoms with van der Waals surface area (Å²) in [5, 5.41) is 9.05. The minimum absolute atomic E-state index is 0.393. The number of allylic oxidation sites excluding steroid dienone is 1. The van der Waals surface area contributed by atoms with Gasteiger partial charge in [0.1, 0.15) is 11.5 Å². The van der Waals surface area contributed by atoms with Gasteiger partial charge in [-0.1, -0.05) is 0 Å². The summed E-state index contributed by atoms with van der Waals surface area (Å²) in [5.41, 5.74) is 0. The predicted octanol–water partition coefficient (Wildman–Crippen LogP) is 1.93. The molecule has 1 aromatic rings. The van der Waals surface area contributed by atoms with E-state index in [1.807, 2.05) is 0 Å². The highest BCUT2D eigenvalue weighted by atomic mass is 16.3. The Labute approximate surface area is 117 Å². The van der Waals surface area contributed by atoms with Crippen LogP contribution in [0.1, 0.15) is 24.4 Å². The molecular weight excluding hydrogens is 256 g/mol. The number of nitrogens with zero attached hydrogens (tertiary/aromatic N) is 2. The van der Waals surface area contributed by atoms with Crippen LogP contribution in [-0.2, 0) is 9.59 Å². The normalized spacial score (nSPS) is 16.3. The molecule has 20 heavy (non-hydrogen) atoms. The van der Waals surface area contributed by atoms with E-state index in [-0.39, 0.29) is 0 Å². The number of rotatable bonds is 4. The summed E-state index contributed by atoms with van der Waals surface area (Å²) in [7, 11) is 0. The average Bonchev–Trinajstić information content (AvgIpc) is 3.08. The van der Waals surface area contributed by atoms with Crippen molar-refractivity contribution in [2.75, 3.05) is 13.1 Å². The predicted molar refractivity (Wildman–Crippen MR) is 72.4 cm³/mol. The number of likely N-dealkylation sites (tertiary alicyclic amines) is 1. The number of carbonyl (C=O) groups is 2. The van der Waals surface area contributed by atoms with E-state index in [0.29, 0.717) is 18.8 Å². The van der Waals surface area contributed by atoms with Gasteiger partial charge in [-0.2, -0.15) is 5.26 Å². The number of aryl methyl sites for hydroxylation is 1. The van der Waals surface area contributed by atoms with Crippen LogP contribution in [0.25, 0.3) is 6.08 Å². The van der Waals surface area contributed by atoms with Gasteiger partial charge in [0.05, 0.1) is 6.07 Å². The fourth-order valence-electron chi connectivity index (χ4n) is 2.16. The number of nitriles is 1. The molecule has 1 fully saturated rings. The summed E-state index contributed by atoms with van der Waals surface area (Å²) >= 11 is 0. The maximum atomic E-state index is 12.1. The van der Waals surface area contributed by atoms with Crippen LogP contribution in [0.3, 0.4) is 0 Å². The first-order chi connectivity index (χ1) is 9.61. The Morgan fingerprint density at radius 2 is 2.10 bits per heavy atom. The fourth-order valence-corrected chi connectivity index (χ4v) is 2.16. The van der Waals surface area contributed by atoms with Gasteiger partial charge in [0.15, 0.2) is 11.7 Å². The van der Waals surface area contributed by atoms with Crippen molar-refractivity contribution in [3.8, 4) is 6.07 Å². The van der Waals surface area contributed by atoms with Crippen molar-refractivity contribution in [2.24, 2.45) is 5.92 Å².